The molecule has 0 fully saturated rings. The predicted octanol–water partition coefficient (Wildman–Crippen LogP) is 3.96. The number of hydrogen-bond donors (Lipinski definition) is 0. The second-order valence-corrected chi connectivity index (χ2v) is 6.41. The van der Waals surface area contributed by atoms with Crippen molar-refractivity contribution in [3.05, 3.63) is 72.8 Å². The molecule has 5 heteroatoms. The Bertz CT molecular complexity index is 783. The lowest BCUT2D eigenvalue weighted by atomic mass is 10.2. The number of likely N-dealkylation sites (N-methyl/N-ethyl adjacent to an activating group) is 1. The fourth-order valence-electron chi connectivity index (χ4n) is 2.77. The van der Waals surface area contributed by atoms with Gasteiger partial charge in [0.1, 0.15) is 24.7 Å². The van der Waals surface area contributed by atoms with Crippen LogP contribution in [0.4, 0.5) is 0 Å². The monoisotopic (exact) mass is 365 g/mol. The van der Waals surface area contributed by atoms with Gasteiger partial charge in [-0.2, -0.15) is 0 Å². The van der Waals surface area contributed by atoms with E-state index < -0.39 is 0 Å². The fourth-order valence-corrected chi connectivity index (χ4v) is 2.77. The summed E-state index contributed by atoms with van der Waals surface area (Å²) in [5.41, 5.74) is 2.32. The van der Waals surface area contributed by atoms with Crippen molar-refractivity contribution in [2.24, 2.45) is 0 Å². The SMILES string of the molecule is CCN(CCOc1ccc(C)cc1)CCOc1ccc(-n2ccnc2)cc1. The lowest BCUT2D eigenvalue weighted by Gasteiger charge is -2.20. The summed E-state index contributed by atoms with van der Waals surface area (Å²) in [6, 6.07) is 16.2. The maximum Gasteiger partial charge on any atom is 0.119 e. The van der Waals surface area contributed by atoms with E-state index in [2.05, 4.69) is 35.9 Å². The molecule has 0 radical (unpaired) electrons. The molecule has 3 rings (SSSR count). The van der Waals surface area contributed by atoms with Crippen LogP contribution in [0.15, 0.2) is 67.3 Å². The zero-order chi connectivity index (χ0) is 18.9. The molecule has 0 unspecified atom stereocenters. The van der Waals surface area contributed by atoms with Crippen LogP contribution in [0.1, 0.15) is 12.5 Å². The van der Waals surface area contributed by atoms with Crippen LogP contribution in [0, 0.1) is 6.92 Å². The first-order valence-corrected chi connectivity index (χ1v) is 9.37. The fraction of sp³-hybridized carbons (Fsp3) is 0.318. The van der Waals surface area contributed by atoms with Crippen molar-refractivity contribution < 1.29 is 9.47 Å². The highest BCUT2D eigenvalue weighted by Gasteiger charge is 2.04. The van der Waals surface area contributed by atoms with Crippen LogP contribution in [-0.4, -0.2) is 47.3 Å². The van der Waals surface area contributed by atoms with Crippen molar-refractivity contribution in [3.63, 3.8) is 0 Å². The van der Waals surface area contributed by atoms with E-state index in [0.29, 0.717) is 13.2 Å². The Hall–Kier alpha value is -2.79. The van der Waals surface area contributed by atoms with Crippen molar-refractivity contribution in [2.45, 2.75) is 13.8 Å². The number of ether oxygens (including phenoxy) is 2. The molecule has 1 aromatic heterocycles. The Morgan fingerprint density at radius 3 is 2.00 bits per heavy atom. The lowest BCUT2D eigenvalue weighted by molar-refractivity contribution is 0.182. The minimum absolute atomic E-state index is 0.656. The van der Waals surface area contributed by atoms with Crippen LogP contribution in [0.2, 0.25) is 0 Å². The third kappa shape index (κ3) is 5.86. The summed E-state index contributed by atoms with van der Waals surface area (Å²) in [5, 5.41) is 0. The van der Waals surface area contributed by atoms with Crippen LogP contribution in [0.25, 0.3) is 5.69 Å². The average molecular weight is 365 g/mol. The number of hydrogen-bond acceptors (Lipinski definition) is 4. The van der Waals surface area contributed by atoms with Gasteiger partial charge in [0.25, 0.3) is 0 Å². The maximum absolute atomic E-state index is 5.88. The molecule has 1 heterocycles. The van der Waals surface area contributed by atoms with E-state index in [1.807, 2.05) is 47.2 Å². The molecule has 3 aromatic rings. The number of aromatic nitrogens is 2. The summed E-state index contributed by atoms with van der Waals surface area (Å²) in [5.74, 6) is 1.80. The molecular formula is C22H27N3O2. The van der Waals surface area contributed by atoms with Crippen molar-refractivity contribution in [2.75, 3.05) is 32.8 Å². The van der Waals surface area contributed by atoms with Crippen molar-refractivity contribution in [1.82, 2.24) is 14.5 Å². The van der Waals surface area contributed by atoms with Gasteiger partial charge in [-0.15, -0.1) is 0 Å². The van der Waals surface area contributed by atoms with E-state index in [1.165, 1.54) is 5.56 Å². The van der Waals surface area contributed by atoms with Gasteiger partial charge in [-0.25, -0.2) is 4.98 Å². The minimum atomic E-state index is 0.656. The lowest BCUT2D eigenvalue weighted by Crippen LogP contribution is -2.32. The van der Waals surface area contributed by atoms with Crippen LogP contribution < -0.4 is 9.47 Å². The summed E-state index contributed by atoms with van der Waals surface area (Å²) in [4.78, 5) is 6.39. The van der Waals surface area contributed by atoms with E-state index in [1.54, 1.807) is 12.5 Å². The van der Waals surface area contributed by atoms with Gasteiger partial charge in [0.15, 0.2) is 0 Å². The van der Waals surface area contributed by atoms with E-state index >= 15 is 0 Å². The molecule has 0 atom stereocenters. The summed E-state index contributed by atoms with van der Waals surface area (Å²) in [6.07, 6.45) is 5.48. The van der Waals surface area contributed by atoms with Gasteiger partial charge in [0.2, 0.25) is 0 Å². The van der Waals surface area contributed by atoms with Crippen molar-refractivity contribution in [1.29, 1.82) is 0 Å². The third-order valence-electron chi connectivity index (χ3n) is 4.46. The Morgan fingerprint density at radius 1 is 0.889 bits per heavy atom. The smallest absolute Gasteiger partial charge is 0.119 e. The molecule has 0 saturated heterocycles. The molecular weight excluding hydrogens is 338 g/mol. The number of rotatable bonds is 10. The first kappa shape index (κ1) is 19.0. The molecule has 2 aromatic carbocycles. The van der Waals surface area contributed by atoms with Crippen LogP contribution in [0.3, 0.4) is 0 Å². The summed E-state index contributed by atoms with van der Waals surface area (Å²) in [6.45, 7) is 8.30. The van der Waals surface area contributed by atoms with Gasteiger partial charge in [0, 0.05) is 31.2 Å². The zero-order valence-corrected chi connectivity index (χ0v) is 16.0. The Balaban J connectivity index is 1.38. The van der Waals surface area contributed by atoms with Gasteiger partial charge in [0.05, 0.1) is 6.33 Å². The standard InChI is InChI=1S/C22H27N3O2/c1-3-24(14-16-26-21-8-4-19(2)5-9-21)15-17-27-22-10-6-20(7-11-22)25-13-12-23-18-25/h4-13,18H,3,14-17H2,1-2H3. The second-order valence-electron chi connectivity index (χ2n) is 6.41. The molecule has 0 aliphatic rings. The molecule has 0 spiro atoms. The highest BCUT2D eigenvalue weighted by Crippen LogP contribution is 2.15. The summed E-state index contributed by atoms with van der Waals surface area (Å²) < 4.78 is 13.7. The Labute approximate surface area is 161 Å². The van der Waals surface area contributed by atoms with Gasteiger partial charge >= 0.3 is 0 Å². The maximum atomic E-state index is 5.88. The van der Waals surface area contributed by atoms with E-state index in [9.17, 15) is 0 Å². The molecule has 0 aliphatic heterocycles. The van der Waals surface area contributed by atoms with E-state index in [0.717, 1.165) is 36.8 Å². The van der Waals surface area contributed by atoms with E-state index in [4.69, 9.17) is 9.47 Å². The first-order valence-electron chi connectivity index (χ1n) is 9.37. The molecule has 0 N–H and O–H groups in total. The number of nitrogens with zero attached hydrogens (tertiary/aromatic N) is 3. The van der Waals surface area contributed by atoms with Crippen LogP contribution in [0.5, 0.6) is 11.5 Å². The van der Waals surface area contributed by atoms with Gasteiger partial charge in [-0.05, 0) is 49.9 Å². The van der Waals surface area contributed by atoms with Crippen molar-refractivity contribution >= 4 is 0 Å². The van der Waals surface area contributed by atoms with E-state index in [-0.39, 0.29) is 0 Å². The highest BCUT2D eigenvalue weighted by molar-refractivity contribution is 5.37. The number of imidazole rings is 1. The zero-order valence-electron chi connectivity index (χ0n) is 16.0. The topological polar surface area (TPSA) is 39.5 Å². The highest BCUT2D eigenvalue weighted by atomic mass is 16.5. The predicted molar refractivity (Wildman–Crippen MR) is 108 cm³/mol. The largest absolute Gasteiger partial charge is 0.492 e. The normalized spacial score (nSPS) is 10.9. The van der Waals surface area contributed by atoms with Crippen molar-refractivity contribution in [3.8, 4) is 17.2 Å². The Morgan fingerprint density at radius 2 is 1.48 bits per heavy atom. The average Bonchev–Trinajstić information content (AvgIpc) is 3.23. The molecule has 142 valence electrons. The number of benzene rings is 2. The van der Waals surface area contributed by atoms with Gasteiger partial charge in [-0.1, -0.05) is 24.6 Å². The van der Waals surface area contributed by atoms with Gasteiger partial charge < -0.3 is 14.0 Å². The first-order chi connectivity index (χ1) is 13.2. The minimum Gasteiger partial charge on any atom is -0.492 e. The summed E-state index contributed by atoms with van der Waals surface area (Å²) >= 11 is 0. The molecule has 27 heavy (non-hydrogen) atoms. The number of aryl methyl sites for hydroxylation is 1. The van der Waals surface area contributed by atoms with Gasteiger partial charge in [-0.3, -0.25) is 4.90 Å². The Kier molecular flexibility index (Phi) is 6.88. The molecule has 0 saturated carbocycles. The molecule has 5 nitrogen and oxygen atoms in total. The molecule has 0 amide bonds. The third-order valence-corrected chi connectivity index (χ3v) is 4.46. The molecule has 0 aliphatic carbocycles. The molecule has 0 bridgehead atoms. The van der Waals surface area contributed by atoms with Crippen LogP contribution in [-0.2, 0) is 0 Å². The van der Waals surface area contributed by atoms with Crippen LogP contribution >= 0.6 is 0 Å². The second kappa shape index (κ2) is 9.78. The quantitative estimate of drug-likeness (QED) is 0.545. The summed E-state index contributed by atoms with van der Waals surface area (Å²) in [7, 11) is 0.